The molecule has 0 radical (unpaired) electrons. The fourth-order valence-electron chi connectivity index (χ4n) is 0.356. The Hall–Kier alpha value is -0.570. The van der Waals surface area contributed by atoms with Crippen LogP contribution in [0.25, 0.3) is 0 Å². The number of hydrazine groups is 1. The summed E-state index contributed by atoms with van der Waals surface area (Å²) in [6.07, 6.45) is 1.10. The van der Waals surface area contributed by atoms with E-state index < -0.39 is 0 Å². The van der Waals surface area contributed by atoms with E-state index in [1.165, 1.54) is 0 Å². The van der Waals surface area contributed by atoms with Crippen molar-refractivity contribution in [3.63, 3.8) is 0 Å². The van der Waals surface area contributed by atoms with Crippen LogP contribution in [-0.4, -0.2) is 11.8 Å². The average molecular weight is 143 g/mol. The molecule has 0 aromatic carbocycles. The predicted molar refractivity (Wildman–Crippen MR) is 44.8 cm³/mol. The highest BCUT2D eigenvalue weighted by Gasteiger charge is 1.92. The van der Waals surface area contributed by atoms with Crippen LogP contribution >= 0.6 is 0 Å². The first-order chi connectivity index (χ1) is 4.66. The summed E-state index contributed by atoms with van der Waals surface area (Å²) in [6.45, 7) is 8.13. The second-order valence-electron chi connectivity index (χ2n) is 2.62. The summed E-state index contributed by atoms with van der Waals surface area (Å²) in [4.78, 5) is 0. The first kappa shape index (κ1) is 9.43. The maximum absolute atomic E-state index is 3.97. The molecule has 0 heterocycles. The van der Waals surface area contributed by atoms with E-state index in [1.807, 2.05) is 13.8 Å². The van der Waals surface area contributed by atoms with Crippen molar-refractivity contribution in [1.82, 2.24) is 11.0 Å². The Morgan fingerprint density at radius 2 is 2.10 bits per heavy atom. The molecule has 1 atom stereocenters. The van der Waals surface area contributed by atoms with Crippen LogP contribution in [0.3, 0.4) is 0 Å². The van der Waals surface area contributed by atoms with E-state index >= 15 is 0 Å². The zero-order valence-electron chi connectivity index (χ0n) is 7.23. The van der Waals surface area contributed by atoms with Crippen molar-refractivity contribution in [2.24, 2.45) is 5.10 Å². The van der Waals surface area contributed by atoms with Gasteiger partial charge in [0.2, 0.25) is 0 Å². The second kappa shape index (κ2) is 5.23. The van der Waals surface area contributed by atoms with E-state index in [-0.39, 0.29) is 0 Å². The molecule has 0 rings (SSSR count). The molecule has 0 aromatic rings. The lowest BCUT2D eigenvalue weighted by atomic mass is 10.3. The van der Waals surface area contributed by atoms with Gasteiger partial charge in [0.05, 0.1) is 0 Å². The van der Waals surface area contributed by atoms with Crippen molar-refractivity contribution in [2.45, 2.75) is 40.2 Å². The van der Waals surface area contributed by atoms with Crippen molar-refractivity contribution in [3.8, 4) is 0 Å². The molecule has 3 nitrogen and oxygen atoms in total. The first-order valence-electron chi connectivity index (χ1n) is 3.68. The van der Waals surface area contributed by atoms with Gasteiger partial charge < -0.3 is 0 Å². The Bertz CT molecular complexity index is 105. The van der Waals surface area contributed by atoms with Gasteiger partial charge in [0.25, 0.3) is 0 Å². The lowest BCUT2D eigenvalue weighted by Crippen LogP contribution is -2.35. The number of nitrogens with zero attached hydrogens (tertiary/aromatic N) is 1. The van der Waals surface area contributed by atoms with Gasteiger partial charge in [-0.25, -0.2) is 11.0 Å². The normalized spacial score (nSPS) is 12.4. The van der Waals surface area contributed by atoms with Crippen molar-refractivity contribution >= 4 is 5.71 Å². The van der Waals surface area contributed by atoms with Gasteiger partial charge in [-0.1, -0.05) is 6.92 Å². The van der Waals surface area contributed by atoms with Crippen LogP contribution in [0.2, 0.25) is 0 Å². The van der Waals surface area contributed by atoms with Gasteiger partial charge >= 0.3 is 0 Å². The Kier molecular flexibility index (Phi) is 4.94. The minimum atomic E-state index is 0.475. The summed E-state index contributed by atoms with van der Waals surface area (Å²) in [5.74, 6) is 0. The lowest BCUT2D eigenvalue weighted by Gasteiger charge is -2.09. The zero-order chi connectivity index (χ0) is 7.98. The Morgan fingerprint density at radius 1 is 1.50 bits per heavy atom. The number of hydrogen-bond acceptors (Lipinski definition) is 3. The summed E-state index contributed by atoms with van der Waals surface area (Å²) < 4.78 is 0. The predicted octanol–water partition coefficient (Wildman–Crippen LogP) is 1.27. The number of hydrazone groups is 1. The molecule has 0 fully saturated rings. The van der Waals surface area contributed by atoms with E-state index in [0.29, 0.717) is 6.04 Å². The second-order valence-corrected chi connectivity index (χ2v) is 2.62. The fourth-order valence-corrected chi connectivity index (χ4v) is 0.356. The average Bonchev–Trinajstić information content (AvgIpc) is 1.87. The standard InChI is InChI=1S/C7H17N3/c1-5-7(4)9-10-8-6(2)3/h7,9-10H,5H2,1-4H3. The molecule has 2 N–H and O–H groups in total. The van der Waals surface area contributed by atoms with E-state index in [4.69, 9.17) is 0 Å². The summed E-state index contributed by atoms with van der Waals surface area (Å²) in [6, 6.07) is 0.475. The van der Waals surface area contributed by atoms with Crippen molar-refractivity contribution in [1.29, 1.82) is 0 Å². The maximum atomic E-state index is 3.97. The minimum absolute atomic E-state index is 0.475. The number of hydrogen-bond donors (Lipinski definition) is 2. The molecule has 60 valence electrons. The third kappa shape index (κ3) is 5.56. The summed E-state index contributed by atoms with van der Waals surface area (Å²) in [5, 5.41) is 3.97. The molecule has 0 saturated carbocycles. The van der Waals surface area contributed by atoms with Crippen LogP contribution in [0.15, 0.2) is 5.10 Å². The number of nitrogens with one attached hydrogen (secondary N) is 2. The van der Waals surface area contributed by atoms with Crippen LogP contribution in [0.1, 0.15) is 34.1 Å². The van der Waals surface area contributed by atoms with Crippen LogP contribution in [0, 0.1) is 0 Å². The summed E-state index contributed by atoms with van der Waals surface area (Å²) in [5.41, 5.74) is 6.82. The van der Waals surface area contributed by atoms with Gasteiger partial charge in [-0.3, -0.25) is 0 Å². The Labute approximate surface area is 62.9 Å². The van der Waals surface area contributed by atoms with Crippen molar-refractivity contribution in [2.75, 3.05) is 0 Å². The molecule has 0 aromatic heterocycles. The Balaban J connectivity index is 3.28. The molecule has 1 unspecified atom stereocenters. The summed E-state index contributed by atoms with van der Waals surface area (Å²) >= 11 is 0. The van der Waals surface area contributed by atoms with Crippen LogP contribution < -0.4 is 11.0 Å². The highest BCUT2D eigenvalue weighted by atomic mass is 15.6. The van der Waals surface area contributed by atoms with Gasteiger partial charge in [-0.15, -0.1) is 0 Å². The molecule has 0 amide bonds. The monoisotopic (exact) mass is 143 g/mol. The molecule has 10 heavy (non-hydrogen) atoms. The molecular formula is C7H17N3. The molecular weight excluding hydrogens is 126 g/mol. The first-order valence-corrected chi connectivity index (χ1v) is 3.68. The zero-order valence-corrected chi connectivity index (χ0v) is 7.23. The molecule has 3 heteroatoms. The molecule has 0 aliphatic heterocycles. The van der Waals surface area contributed by atoms with E-state index in [2.05, 4.69) is 29.9 Å². The highest BCUT2D eigenvalue weighted by Crippen LogP contribution is 1.83. The highest BCUT2D eigenvalue weighted by molar-refractivity contribution is 5.78. The van der Waals surface area contributed by atoms with Crippen LogP contribution in [0.4, 0.5) is 0 Å². The van der Waals surface area contributed by atoms with Gasteiger partial charge in [-0.2, -0.15) is 5.10 Å². The van der Waals surface area contributed by atoms with E-state index in [0.717, 1.165) is 12.1 Å². The molecule has 0 saturated heterocycles. The number of rotatable bonds is 4. The third-order valence-corrected chi connectivity index (χ3v) is 1.20. The smallest absolute Gasteiger partial charge is 0.0332 e. The maximum Gasteiger partial charge on any atom is 0.0332 e. The van der Waals surface area contributed by atoms with Crippen molar-refractivity contribution < 1.29 is 0 Å². The van der Waals surface area contributed by atoms with Crippen molar-refractivity contribution in [3.05, 3.63) is 0 Å². The van der Waals surface area contributed by atoms with Gasteiger partial charge in [0.15, 0.2) is 0 Å². The summed E-state index contributed by atoms with van der Waals surface area (Å²) in [7, 11) is 0. The van der Waals surface area contributed by atoms with E-state index in [1.54, 1.807) is 0 Å². The molecule has 0 aliphatic carbocycles. The third-order valence-electron chi connectivity index (χ3n) is 1.20. The largest absolute Gasteiger partial charge is 0.243 e. The van der Waals surface area contributed by atoms with Gasteiger partial charge in [-0.05, 0) is 27.2 Å². The lowest BCUT2D eigenvalue weighted by molar-refractivity contribution is 0.454. The van der Waals surface area contributed by atoms with Crippen LogP contribution in [0.5, 0.6) is 0 Å². The Morgan fingerprint density at radius 3 is 2.50 bits per heavy atom. The molecule has 0 bridgehead atoms. The van der Waals surface area contributed by atoms with Crippen LogP contribution in [-0.2, 0) is 0 Å². The van der Waals surface area contributed by atoms with Gasteiger partial charge in [0.1, 0.15) is 0 Å². The molecule has 0 spiro atoms. The van der Waals surface area contributed by atoms with E-state index in [9.17, 15) is 0 Å². The molecule has 0 aliphatic rings. The minimum Gasteiger partial charge on any atom is -0.243 e. The topological polar surface area (TPSA) is 36.4 Å². The fraction of sp³-hybridized carbons (Fsp3) is 0.857. The SMILES string of the molecule is CCC(C)NNN=C(C)C. The van der Waals surface area contributed by atoms with Gasteiger partial charge in [0, 0.05) is 11.8 Å². The quantitative estimate of drug-likeness (QED) is 0.459.